The van der Waals surface area contributed by atoms with Crippen LogP contribution in [0.25, 0.3) is 17.0 Å². The van der Waals surface area contributed by atoms with Gasteiger partial charge in [0.1, 0.15) is 17.5 Å². The summed E-state index contributed by atoms with van der Waals surface area (Å²) < 4.78 is 40.6. The summed E-state index contributed by atoms with van der Waals surface area (Å²) in [7, 11) is 0. The third-order valence-electron chi connectivity index (χ3n) is 2.51. The van der Waals surface area contributed by atoms with E-state index >= 15 is 0 Å². The molecule has 0 aliphatic carbocycles. The van der Waals surface area contributed by atoms with Gasteiger partial charge < -0.3 is 0 Å². The molecule has 0 nitrogen and oxygen atoms in total. The molecule has 92 valence electrons. The summed E-state index contributed by atoms with van der Waals surface area (Å²) in [6, 6.07) is 7.52. The third-order valence-corrected chi connectivity index (χ3v) is 2.74. The molecular weight excluding hydrogens is 261 g/mol. The second kappa shape index (κ2) is 4.86. The fraction of sp³-hybridized carbons (Fsp3) is 0. The molecule has 2 aromatic rings. The molecule has 2 aromatic carbocycles. The van der Waals surface area contributed by atoms with Gasteiger partial charge in [0.2, 0.25) is 0 Å². The van der Waals surface area contributed by atoms with Gasteiger partial charge in [-0.15, -0.1) is 0 Å². The maximum Gasteiger partial charge on any atom is 0.133 e. The van der Waals surface area contributed by atoms with Gasteiger partial charge in [0.25, 0.3) is 0 Å². The fourth-order valence-corrected chi connectivity index (χ4v) is 1.89. The summed E-state index contributed by atoms with van der Waals surface area (Å²) in [4.78, 5) is 0. The first-order valence-electron chi connectivity index (χ1n) is 5.09. The summed E-state index contributed by atoms with van der Waals surface area (Å²) >= 11 is 5.78. The molecule has 0 amide bonds. The van der Waals surface area contributed by atoms with Crippen LogP contribution in [0.3, 0.4) is 0 Å². The molecule has 0 saturated carbocycles. The standard InChI is InChI=1S/C14H8ClF3/c1-8(16)10-6-5-9(15)7-11(10)14-12(17)3-2-4-13(14)18/h2-7H,1H2. The van der Waals surface area contributed by atoms with Crippen LogP contribution in [0.2, 0.25) is 5.02 Å². The summed E-state index contributed by atoms with van der Waals surface area (Å²) in [6.07, 6.45) is 0. The largest absolute Gasteiger partial charge is 0.207 e. The zero-order valence-corrected chi connectivity index (χ0v) is 9.94. The van der Waals surface area contributed by atoms with E-state index in [0.29, 0.717) is 0 Å². The van der Waals surface area contributed by atoms with Crippen LogP contribution >= 0.6 is 11.6 Å². The molecule has 18 heavy (non-hydrogen) atoms. The summed E-state index contributed by atoms with van der Waals surface area (Å²) in [5.74, 6) is -2.33. The van der Waals surface area contributed by atoms with E-state index in [2.05, 4.69) is 6.58 Å². The lowest BCUT2D eigenvalue weighted by molar-refractivity contribution is 0.589. The number of hydrogen-bond donors (Lipinski definition) is 0. The second-order valence-corrected chi connectivity index (χ2v) is 4.13. The zero-order chi connectivity index (χ0) is 13.3. The molecule has 0 aliphatic heterocycles. The lowest BCUT2D eigenvalue weighted by Crippen LogP contribution is -1.93. The monoisotopic (exact) mass is 268 g/mol. The van der Waals surface area contributed by atoms with Gasteiger partial charge in [0.05, 0.1) is 5.56 Å². The van der Waals surface area contributed by atoms with E-state index in [0.717, 1.165) is 12.1 Å². The van der Waals surface area contributed by atoms with Crippen molar-refractivity contribution >= 4 is 17.4 Å². The molecule has 0 fully saturated rings. The highest BCUT2D eigenvalue weighted by Crippen LogP contribution is 2.34. The fourth-order valence-electron chi connectivity index (χ4n) is 1.71. The predicted octanol–water partition coefficient (Wildman–Crippen LogP) is 5.23. The minimum atomic E-state index is -0.778. The number of benzene rings is 2. The van der Waals surface area contributed by atoms with Crippen molar-refractivity contribution in [1.82, 2.24) is 0 Å². The van der Waals surface area contributed by atoms with Crippen LogP contribution in [0.1, 0.15) is 5.56 Å². The first-order chi connectivity index (χ1) is 8.50. The van der Waals surface area contributed by atoms with Crippen LogP contribution in [0, 0.1) is 11.6 Å². The quantitative estimate of drug-likeness (QED) is 0.700. The van der Waals surface area contributed by atoms with Gasteiger partial charge in [-0.25, -0.2) is 13.2 Å². The van der Waals surface area contributed by atoms with Crippen molar-refractivity contribution in [3.05, 3.63) is 65.2 Å². The molecule has 0 N–H and O–H groups in total. The van der Waals surface area contributed by atoms with E-state index < -0.39 is 17.5 Å². The molecule has 0 saturated heterocycles. The zero-order valence-electron chi connectivity index (χ0n) is 9.18. The van der Waals surface area contributed by atoms with Crippen LogP contribution in [0.4, 0.5) is 13.2 Å². The Hall–Kier alpha value is -1.74. The number of rotatable bonds is 2. The van der Waals surface area contributed by atoms with Crippen LogP contribution < -0.4 is 0 Å². The van der Waals surface area contributed by atoms with E-state index in [-0.39, 0.29) is 21.7 Å². The van der Waals surface area contributed by atoms with Crippen LogP contribution in [0.15, 0.2) is 43.0 Å². The van der Waals surface area contributed by atoms with Gasteiger partial charge in [0, 0.05) is 10.6 Å². The van der Waals surface area contributed by atoms with E-state index in [4.69, 9.17) is 11.6 Å². The van der Waals surface area contributed by atoms with Crippen molar-refractivity contribution in [3.63, 3.8) is 0 Å². The maximum atomic E-state index is 13.7. The third kappa shape index (κ3) is 2.27. The molecule has 0 bridgehead atoms. The van der Waals surface area contributed by atoms with Crippen LogP contribution in [-0.4, -0.2) is 0 Å². The Morgan fingerprint density at radius 3 is 2.22 bits per heavy atom. The van der Waals surface area contributed by atoms with Gasteiger partial charge in [0.15, 0.2) is 0 Å². The van der Waals surface area contributed by atoms with E-state index in [1.807, 2.05) is 0 Å². The smallest absolute Gasteiger partial charge is 0.133 e. The Morgan fingerprint density at radius 1 is 1.06 bits per heavy atom. The summed E-state index contributed by atoms with van der Waals surface area (Å²) in [6.45, 7) is 3.15. The lowest BCUT2D eigenvalue weighted by atomic mass is 9.98. The van der Waals surface area contributed by atoms with Crippen molar-refractivity contribution in [2.75, 3.05) is 0 Å². The Bertz CT molecular complexity index is 600. The first kappa shape index (κ1) is 12.7. The van der Waals surface area contributed by atoms with Crippen LogP contribution in [0.5, 0.6) is 0 Å². The van der Waals surface area contributed by atoms with Crippen molar-refractivity contribution in [3.8, 4) is 11.1 Å². The normalized spacial score (nSPS) is 10.4. The Kier molecular flexibility index (Phi) is 3.43. The summed E-state index contributed by atoms with van der Waals surface area (Å²) in [5, 5.41) is 0.262. The molecule has 0 aromatic heterocycles. The summed E-state index contributed by atoms with van der Waals surface area (Å²) in [5.41, 5.74) is -0.247. The van der Waals surface area contributed by atoms with Crippen molar-refractivity contribution in [1.29, 1.82) is 0 Å². The van der Waals surface area contributed by atoms with Gasteiger partial charge in [-0.1, -0.05) is 24.2 Å². The molecule has 4 heteroatoms. The van der Waals surface area contributed by atoms with E-state index in [1.54, 1.807) is 0 Å². The molecule has 0 aliphatic rings. The van der Waals surface area contributed by atoms with E-state index in [9.17, 15) is 13.2 Å². The molecule has 0 heterocycles. The van der Waals surface area contributed by atoms with Gasteiger partial charge in [-0.2, -0.15) is 0 Å². The Labute approximate surface area is 107 Å². The van der Waals surface area contributed by atoms with Gasteiger partial charge in [-0.3, -0.25) is 0 Å². The van der Waals surface area contributed by atoms with Crippen molar-refractivity contribution in [2.24, 2.45) is 0 Å². The van der Waals surface area contributed by atoms with Crippen molar-refractivity contribution < 1.29 is 13.2 Å². The highest BCUT2D eigenvalue weighted by atomic mass is 35.5. The Balaban J connectivity index is 2.77. The van der Waals surface area contributed by atoms with Gasteiger partial charge >= 0.3 is 0 Å². The van der Waals surface area contributed by atoms with Crippen LogP contribution in [-0.2, 0) is 0 Å². The second-order valence-electron chi connectivity index (χ2n) is 3.69. The SMILES string of the molecule is C=C(F)c1ccc(Cl)cc1-c1c(F)cccc1F. The molecular formula is C14H8ClF3. The molecule has 2 rings (SSSR count). The number of hydrogen-bond acceptors (Lipinski definition) is 0. The molecule has 0 radical (unpaired) electrons. The van der Waals surface area contributed by atoms with Gasteiger partial charge in [-0.05, 0) is 35.9 Å². The van der Waals surface area contributed by atoms with E-state index in [1.165, 1.54) is 24.3 Å². The molecule has 0 unspecified atom stereocenters. The molecule has 0 spiro atoms. The minimum absolute atomic E-state index is 0.0170. The molecule has 0 atom stereocenters. The highest BCUT2D eigenvalue weighted by molar-refractivity contribution is 6.31. The topological polar surface area (TPSA) is 0 Å². The average molecular weight is 269 g/mol. The van der Waals surface area contributed by atoms with Crippen molar-refractivity contribution in [2.45, 2.75) is 0 Å². The highest BCUT2D eigenvalue weighted by Gasteiger charge is 2.16. The first-order valence-corrected chi connectivity index (χ1v) is 5.47. The predicted molar refractivity (Wildman–Crippen MR) is 66.9 cm³/mol. The maximum absolute atomic E-state index is 13.7. The number of halogens is 4. The lowest BCUT2D eigenvalue weighted by Gasteiger charge is -2.10. The average Bonchev–Trinajstić information content (AvgIpc) is 2.28. The Morgan fingerprint density at radius 2 is 1.67 bits per heavy atom. The minimum Gasteiger partial charge on any atom is -0.207 e.